The molecule has 2 aromatic rings. The second-order valence-electron chi connectivity index (χ2n) is 4.47. The fourth-order valence-corrected chi connectivity index (χ4v) is 1.79. The Balaban J connectivity index is 2.44. The zero-order valence-electron chi connectivity index (χ0n) is 11.7. The number of aliphatic hydroxyl groups excluding tert-OH is 1. The Hall–Kier alpha value is -2.53. The monoisotopic (exact) mass is 284 g/mol. The molecule has 0 bridgehead atoms. The van der Waals surface area contributed by atoms with Crippen molar-refractivity contribution < 1.29 is 14.6 Å². The van der Waals surface area contributed by atoms with E-state index in [9.17, 15) is 9.90 Å². The molecule has 1 unspecified atom stereocenters. The maximum absolute atomic E-state index is 11.6. The number of rotatable bonds is 5. The molecule has 1 heterocycles. The summed E-state index contributed by atoms with van der Waals surface area (Å²) in [4.78, 5) is 19.9. The third-order valence-corrected chi connectivity index (χ3v) is 2.83. The smallest absolute Gasteiger partial charge is 0.315 e. The van der Waals surface area contributed by atoms with E-state index in [1.165, 1.54) is 6.08 Å². The number of aromatic nitrogens is 2. The standard InChI is InChI=1S/C16H16N2O3/c1-3-5-15(20)21-14-7-6-12(11(2)19)10-13(14)16-17-8-4-9-18-16/h3-4,6-11,19H,1,5H2,2H3. The minimum atomic E-state index is -0.634. The third kappa shape index (κ3) is 3.73. The van der Waals surface area contributed by atoms with Gasteiger partial charge in [-0.15, -0.1) is 6.58 Å². The molecule has 0 amide bonds. The Morgan fingerprint density at radius 2 is 2.14 bits per heavy atom. The highest BCUT2D eigenvalue weighted by molar-refractivity contribution is 5.77. The van der Waals surface area contributed by atoms with E-state index >= 15 is 0 Å². The third-order valence-electron chi connectivity index (χ3n) is 2.83. The molecule has 0 spiro atoms. The van der Waals surface area contributed by atoms with Gasteiger partial charge < -0.3 is 9.84 Å². The summed E-state index contributed by atoms with van der Waals surface area (Å²) in [6, 6.07) is 6.75. The molecule has 0 saturated carbocycles. The van der Waals surface area contributed by atoms with Crippen LogP contribution in [0.4, 0.5) is 0 Å². The lowest BCUT2D eigenvalue weighted by Gasteiger charge is -2.12. The van der Waals surface area contributed by atoms with Crippen LogP contribution in [0, 0.1) is 0 Å². The van der Waals surface area contributed by atoms with Gasteiger partial charge in [0.05, 0.1) is 18.1 Å². The number of carbonyl (C=O) groups excluding carboxylic acids is 1. The van der Waals surface area contributed by atoms with E-state index in [0.717, 1.165) is 0 Å². The molecule has 1 N–H and O–H groups in total. The summed E-state index contributed by atoms with van der Waals surface area (Å²) in [5, 5.41) is 9.69. The fraction of sp³-hybridized carbons (Fsp3) is 0.188. The maximum atomic E-state index is 11.6. The first-order chi connectivity index (χ1) is 10.1. The highest BCUT2D eigenvalue weighted by Gasteiger charge is 2.14. The van der Waals surface area contributed by atoms with Gasteiger partial charge in [-0.3, -0.25) is 4.79 Å². The predicted molar refractivity (Wildman–Crippen MR) is 78.6 cm³/mol. The molecule has 1 aromatic heterocycles. The number of nitrogens with zero attached hydrogens (tertiary/aromatic N) is 2. The number of hydrogen-bond acceptors (Lipinski definition) is 5. The summed E-state index contributed by atoms with van der Waals surface area (Å²) in [7, 11) is 0. The molecule has 108 valence electrons. The highest BCUT2D eigenvalue weighted by Crippen LogP contribution is 2.30. The van der Waals surface area contributed by atoms with E-state index < -0.39 is 12.1 Å². The molecule has 0 aliphatic rings. The molecule has 0 radical (unpaired) electrons. The van der Waals surface area contributed by atoms with Gasteiger partial charge in [0.25, 0.3) is 0 Å². The van der Waals surface area contributed by atoms with Gasteiger partial charge in [0, 0.05) is 12.4 Å². The van der Waals surface area contributed by atoms with Gasteiger partial charge in [-0.2, -0.15) is 0 Å². The normalized spacial score (nSPS) is 11.7. The van der Waals surface area contributed by atoms with E-state index in [4.69, 9.17) is 4.74 Å². The molecular formula is C16H16N2O3. The maximum Gasteiger partial charge on any atom is 0.315 e. The first-order valence-electron chi connectivity index (χ1n) is 6.52. The van der Waals surface area contributed by atoms with Crippen LogP contribution in [-0.4, -0.2) is 21.0 Å². The van der Waals surface area contributed by atoms with Crippen LogP contribution in [0.15, 0.2) is 49.3 Å². The minimum absolute atomic E-state index is 0.118. The van der Waals surface area contributed by atoms with E-state index in [1.54, 1.807) is 43.6 Å². The molecule has 1 atom stereocenters. The average molecular weight is 284 g/mol. The Morgan fingerprint density at radius 3 is 2.76 bits per heavy atom. The number of esters is 1. The highest BCUT2D eigenvalue weighted by atomic mass is 16.5. The molecule has 2 rings (SSSR count). The Kier molecular flexibility index (Phi) is 4.79. The quantitative estimate of drug-likeness (QED) is 0.519. The summed E-state index contributed by atoms with van der Waals surface area (Å²) in [5.74, 6) is 0.380. The zero-order chi connectivity index (χ0) is 15.2. The SMILES string of the molecule is C=CCC(=O)Oc1ccc(C(C)O)cc1-c1ncccn1. The van der Waals surface area contributed by atoms with Crippen LogP contribution in [0.25, 0.3) is 11.4 Å². The fourth-order valence-electron chi connectivity index (χ4n) is 1.79. The first kappa shape index (κ1) is 14.9. The lowest BCUT2D eigenvalue weighted by atomic mass is 10.1. The topological polar surface area (TPSA) is 72.3 Å². The van der Waals surface area contributed by atoms with Crippen LogP contribution in [0.2, 0.25) is 0 Å². The van der Waals surface area contributed by atoms with Crippen molar-refractivity contribution >= 4 is 5.97 Å². The molecule has 0 aliphatic heterocycles. The molecule has 0 fully saturated rings. The van der Waals surface area contributed by atoms with Gasteiger partial charge in [0.15, 0.2) is 5.82 Å². The van der Waals surface area contributed by atoms with Crippen molar-refractivity contribution in [3.05, 3.63) is 54.9 Å². The lowest BCUT2D eigenvalue weighted by Crippen LogP contribution is -2.08. The number of benzene rings is 1. The molecular weight excluding hydrogens is 268 g/mol. The van der Waals surface area contributed by atoms with Crippen molar-refractivity contribution in [2.75, 3.05) is 0 Å². The molecule has 1 aromatic carbocycles. The Morgan fingerprint density at radius 1 is 1.43 bits per heavy atom. The van der Waals surface area contributed by atoms with E-state index in [1.807, 2.05) is 0 Å². The summed E-state index contributed by atoms with van der Waals surface area (Å²) in [6.45, 7) is 5.16. The second kappa shape index (κ2) is 6.76. The summed E-state index contributed by atoms with van der Waals surface area (Å²) < 4.78 is 5.30. The molecule has 0 aliphatic carbocycles. The van der Waals surface area contributed by atoms with Crippen LogP contribution < -0.4 is 4.74 Å². The van der Waals surface area contributed by atoms with Gasteiger partial charge >= 0.3 is 5.97 Å². The largest absolute Gasteiger partial charge is 0.426 e. The van der Waals surface area contributed by atoms with Gasteiger partial charge in [-0.05, 0) is 30.7 Å². The van der Waals surface area contributed by atoms with Crippen molar-refractivity contribution in [2.45, 2.75) is 19.4 Å². The predicted octanol–water partition coefficient (Wildman–Crippen LogP) is 2.68. The summed E-state index contributed by atoms with van der Waals surface area (Å²) in [5.41, 5.74) is 1.26. The first-order valence-corrected chi connectivity index (χ1v) is 6.52. The zero-order valence-corrected chi connectivity index (χ0v) is 11.7. The number of ether oxygens (including phenoxy) is 1. The van der Waals surface area contributed by atoms with Crippen LogP contribution in [0.1, 0.15) is 25.0 Å². The van der Waals surface area contributed by atoms with Gasteiger partial charge in [-0.25, -0.2) is 9.97 Å². The number of carbonyl (C=O) groups is 1. The van der Waals surface area contributed by atoms with E-state index in [0.29, 0.717) is 22.7 Å². The van der Waals surface area contributed by atoms with E-state index in [-0.39, 0.29) is 6.42 Å². The lowest BCUT2D eigenvalue weighted by molar-refractivity contribution is -0.133. The Bertz CT molecular complexity index is 639. The number of aliphatic hydroxyl groups is 1. The van der Waals surface area contributed by atoms with Crippen LogP contribution >= 0.6 is 0 Å². The van der Waals surface area contributed by atoms with E-state index in [2.05, 4.69) is 16.5 Å². The number of hydrogen-bond donors (Lipinski definition) is 1. The van der Waals surface area contributed by atoms with Crippen LogP contribution in [-0.2, 0) is 4.79 Å². The Labute approximate surface area is 122 Å². The molecule has 21 heavy (non-hydrogen) atoms. The second-order valence-corrected chi connectivity index (χ2v) is 4.47. The average Bonchev–Trinajstić information content (AvgIpc) is 2.48. The van der Waals surface area contributed by atoms with Crippen molar-refractivity contribution in [2.24, 2.45) is 0 Å². The van der Waals surface area contributed by atoms with Crippen LogP contribution in [0.5, 0.6) is 5.75 Å². The van der Waals surface area contributed by atoms with Gasteiger partial charge in [-0.1, -0.05) is 12.1 Å². The summed E-state index contributed by atoms with van der Waals surface area (Å²) >= 11 is 0. The molecule has 5 heteroatoms. The van der Waals surface area contributed by atoms with Crippen molar-refractivity contribution in [1.29, 1.82) is 0 Å². The molecule has 0 saturated heterocycles. The van der Waals surface area contributed by atoms with Crippen molar-refractivity contribution in [3.63, 3.8) is 0 Å². The van der Waals surface area contributed by atoms with Crippen molar-refractivity contribution in [1.82, 2.24) is 9.97 Å². The summed E-state index contributed by atoms with van der Waals surface area (Å²) in [6.07, 6.45) is 4.17. The van der Waals surface area contributed by atoms with Gasteiger partial charge in [0.2, 0.25) is 0 Å². The van der Waals surface area contributed by atoms with Crippen LogP contribution in [0.3, 0.4) is 0 Å². The van der Waals surface area contributed by atoms with Crippen molar-refractivity contribution in [3.8, 4) is 17.1 Å². The molecule has 5 nitrogen and oxygen atoms in total. The van der Waals surface area contributed by atoms with Gasteiger partial charge in [0.1, 0.15) is 5.75 Å². The minimum Gasteiger partial charge on any atom is -0.426 e.